The Morgan fingerprint density at radius 1 is 1.17 bits per heavy atom. The molecule has 0 aliphatic heterocycles. The van der Waals surface area contributed by atoms with Gasteiger partial charge in [0.1, 0.15) is 11.6 Å². The van der Waals surface area contributed by atoms with Crippen molar-refractivity contribution in [2.45, 2.75) is 13.0 Å². The van der Waals surface area contributed by atoms with E-state index in [0.29, 0.717) is 16.1 Å². The van der Waals surface area contributed by atoms with Gasteiger partial charge in [0.2, 0.25) is 0 Å². The van der Waals surface area contributed by atoms with Crippen molar-refractivity contribution in [1.82, 2.24) is 0 Å². The van der Waals surface area contributed by atoms with Crippen LogP contribution in [0.1, 0.15) is 22.7 Å². The summed E-state index contributed by atoms with van der Waals surface area (Å²) in [5.74, 6) is -1.26. The van der Waals surface area contributed by atoms with Gasteiger partial charge in [-0.2, -0.15) is 0 Å². The van der Waals surface area contributed by atoms with Gasteiger partial charge in [0, 0.05) is 10.6 Å². The first-order chi connectivity index (χ1) is 8.50. The van der Waals surface area contributed by atoms with Gasteiger partial charge in [-0.3, -0.25) is 0 Å². The molecular formula is C14H12ClF2N. The molecule has 2 rings (SSSR count). The molecule has 0 fully saturated rings. The van der Waals surface area contributed by atoms with Crippen molar-refractivity contribution in [1.29, 1.82) is 0 Å². The SMILES string of the molecule is Cc1ccc(F)c(C(N)c2cccc(Cl)c2)c1F. The standard InChI is InChI=1S/C14H12ClF2N/c1-8-5-6-11(16)12(13(8)17)14(18)9-3-2-4-10(15)7-9/h2-7,14H,18H2,1H3. The minimum Gasteiger partial charge on any atom is -0.320 e. The second-order valence-corrected chi connectivity index (χ2v) is 4.56. The second-order valence-electron chi connectivity index (χ2n) is 4.12. The zero-order chi connectivity index (χ0) is 13.3. The van der Waals surface area contributed by atoms with Crippen LogP contribution in [0.15, 0.2) is 36.4 Å². The van der Waals surface area contributed by atoms with Gasteiger partial charge in [-0.15, -0.1) is 0 Å². The van der Waals surface area contributed by atoms with Crippen LogP contribution in [0.3, 0.4) is 0 Å². The number of halogens is 3. The lowest BCUT2D eigenvalue weighted by Gasteiger charge is -2.15. The fourth-order valence-electron chi connectivity index (χ4n) is 1.83. The van der Waals surface area contributed by atoms with Gasteiger partial charge < -0.3 is 5.73 Å². The van der Waals surface area contributed by atoms with Crippen LogP contribution in [-0.2, 0) is 0 Å². The molecule has 0 bridgehead atoms. The van der Waals surface area contributed by atoms with Crippen molar-refractivity contribution in [2.24, 2.45) is 5.73 Å². The summed E-state index contributed by atoms with van der Waals surface area (Å²) in [7, 11) is 0. The molecule has 1 atom stereocenters. The smallest absolute Gasteiger partial charge is 0.134 e. The molecular weight excluding hydrogens is 256 g/mol. The Hall–Kier alpha value is -1.45. The number of hydrogen-bond donors (Lipinski definition) is 1. The average Bonchev–Trinajstić information content (AvgIpc) is 2.34. The van der Waals surface area contributed by atoms with E-state index in [1.54, 1.807) is 31.2 Å². The van der Waals surface area contributed by atoms with Gasteiger partial charge in [-0.05, 0) is 36.2 Å². The lowest BCUT2D eigenvalue weighted by atomic mass is 9.97. The Labute approximate surface area is 109 Å². The first-order valence-corrected chi connectivity index (χ1v) is 5.84. The molecule has 2 aromatic rings. The minimum absolute atomic E-state index is 0.128. The highest BCUT2D eigenvalue weighted by Crippen LogP contribution is 2.27. The summed E-state index contributed by atoms with van der Waals surface area (Å²) in [6.45, 7) is 1.57. The largest absolute Gasteiger partial charge is 0.320 e. The van der Waals surface area contributed by atoms with Gasteiger partial charge in [0.15, 0.2) is 0 Å². The molecule has 18 heavy (non-hydrogen) atoms. The Morgan fingerprint density at radius 2 is 1.89 bits per heavy atom. The highest BCUT2D eigenvalue weighted by atomic mass is 35.5. The van der Waals surface area contributed by atoms with Crippen LogP contribution < -0.4 is 5.73 Å². The van der Waals surface area contributed by atoms with E-state index in [2.05, 4.69) is 0 Å². The molecule has 1 unspecified atom stereocenters. The fourth-order valence-corrected chi connectivity index (χ4v) is 2.03. The summed E-state index contributed by atoms with van der Waals surface area (Å²) >= 11 is 5.84. The predicted molar refractivity (Wildman–Crippen MR) is 68.6 cm³/mol. The number of aryl methyl sites for hydroxylation is 1. The molecule has 0 amide bonds. The maximum Gasteiger partial charge on any atom is 0.134 e. The quantitative estimate of drug-likeness (QED) is 0.875. The van der Waals surface area contributed by atoms with Gasteiger partial charge in [0.25, 0.3) is 0 Å². The molecule has 2 aromatic carbocycles. The monoisotopic (exact) mass is 267 g/mol. The zero-order valence-corrected chi connectivity index (χ0v) is 10.5. The van der Waals surface area contributed by atoms with Crippen molar-refractivity contribution in [2.75, 3.05) is 0 Å². The van der Waals surface area contributed by atoms with Gasteiger partial charge in [0.05, 0.1) is 6.04 Å². The van der Waals surface area contributed by atoms with E-state index >= 15 is 0 Å². The van der Waals surface area contributed by atoms with Crippen LogP contribution in [-0.4, -0.2) is 0 Å². The van der Waals surface area contributed by atoms with Gasteiger partial charge in [-0.1, -0.05) is 29.8 Å². The van der Waals surface area contributed by atoms with E-state index in [1.165, 1.54) is 12.1 Å². The third kappa shape index (κ3) is 2.37. The Morgan fingerprint density at radius 3 is 2.56 bits per heavy atom. The molecule has 0 aliphatic rings. The van der Waals surface area contributed by atoms with E-state index in [4.69, 9.17) is 17.3 Å². The van der Waals surface area contributed by atoms with Gasteiger partial charge in [-0.25, -0.2) is 8.78 Å². The van der Waals surface area contributed by atoms with Gasteiger partial charge >= 0.3 is 0 Å². The van der Waals surface area contributed by atoms with Crippen molar-refractivity contribution in [3.8, 4) is 0 Å². The molecule has 4 heteroatoms. The van der Waals surface area contributed by atoms with Crippen LogP contribution in [0.25, 0.3) is 0 Å². The number of nitrogens with two attached hydrogens (primary N) is 1. The molecule has 0 aliphatic carbocycles. The fraction of sp³-hybridized carbons (Fsp3) is 0.143. The van der Waals surface area contributed by atoms with E-state index < -0.39 is 17.7 Å². The predicted octanol–water partition coefficient (Wildman–Crippen LogP) is 3.97. The van der Waals surface area contributed by atoms with E-state index in [0.717, 1.165) is 0 Å². The minimum atomic E-state index is -0.872. The lowest BCUT2D eigenvalue weighted by molar-refractivity contribution is 0.538. The lowest BCUT2D eigenvalue weighted by Crippen LogP contribution is -2.16. The topological polar surface area (TPSA) is 26.0 Å². The van der Waals surface area contributed by atoms with Crippen molar-refractivity contribution in [3.05, 3.63) is 69.7 Å². The van der Waals surface area contributed by atoms with Crippen LogP contribution in [0.5, 0.6) is 0 Å². The second kappa shape index (κ2) is 5.04. The van der Waals surface area contributed by atoms with Crippen molar-refractivity contribution >= 4 is 11.6 Å². The Kier molecular flexibility index (Phi) is 3.64. The summed E-state index contributed by atoms with van der Waals surface area (Å²) in [5.41, 5.74) is 6.73. The zero-order valence-electron chi connectivity index (χ0n) is 9.75. The molecule has 0 saturated heterocycles. The van der Waals surface area contributed by atoms with E-state index in [-0.39, 0.29) is 5.56 Å². The maximum atomic E-state index is 13.9. The maximum absolute atomic E-state index is 13.9. The van der Waals surface area contributed by atoms with E-state index in [9.17, 15) is 8.78 Å². The third-order valence-electron chi connectivity index (χ3n) is 2.84. The van der Waals surface area contributed by atoms with Crippen LogP contribution in [0, 0.1) is 18.6 Å². The first-order valence-electron chi connectivity index (χ1n) is 5.46. The highest BCUT2D eigenvalue weighted by molar-refractivity contribution is 6.30. The summed E-state index contributed by atoms with van der Waals surface area (Å²) in [5, 5.41) is 0.483. The molecule has 2 N–H and O–H groups in total. The van der Waals surface area contributed by atoms with Crippen LogP contribution in [0.4, 0.5) is 8.78 Å². The number of benzene rings is 2. The van der Waals surface area contributed by atoms with E-state index in [1.807, 2.05) is 0 Å². The number of hydrogen-bond acceptors (Lipinski definition) is 1. The molecule has 1 nitrogen and oxygen atoms in total. The summed E-state index contributed by atoms with van der Waals surface area (Å²) in [6, 6.07) is 8.41. The molecule has 0 heterocycles. The average molecular weight is 268 g/mol. The highest BCUT2D eigenvalue weighted by Gasteiger charge is 2.19. The first kappa shape index (κ1) is 13.0. The number of rotatable bonds is 2. The summed E-state index contributed by atoms with van der Waals surface area (Å²) < 4.78 is 27.7. The third-order valence-corrected chi connectivity index (χ3v) is 3.07. The van der Waals surface area contributed by atoms with Crippen LogP contribution >= 0.6 is 11.6 Å². The van der Waals surface area contributed by atoms with Crippen molar-refractivity contribution < 1.29 is 8.78 Å². The Bertz CT molecular complexity index is 584. The summed E-state index contributed by atoms with van der Waals surface area (Å²) in [6.07, 6.45) is 0. The normalized spacial score (nSPS) is 12.5. The molecule has 0 spiro atoms. The Balaban J connectivity index is 2.52. The van der Waals surface area contributed by atoms with Crippen molar-refractivity contribution in [3.63, 3.8) is 0 Å². The molecule has 0 saturated carbocycles. The van der Waals surface area contributed by atoms with Crippen LogP contribution in [0.2, 0.25) is 5.02 Å². The molecule has 0 aromatic heterocycles. The molecule has 94 valence electrons. The summed E-state index contributed by atoms with van der Waals surface area (Å²) in [4.78, 5) is 0. The molecule has 0 radical (unpaired) electrons.